The molecular weight excluding hydrogens is 427 g/mol. The Labute approximate surface area is 192 Å². The quantitative estimate of drug-likeness (QED) is 0.448. The first-order valence-electron chi connectivity index (χ1n) is 10.4. The summed E-state index contributed by atoms with van der Waals surface area (Å²) < 4.78 is 21.4. The van der Waals surface area contributed by atoms with Gasteiger partial charge in [0, 0.05) is 24.1 Å². The summed E-state index contributed by atoms with van der Waals surface area (Å²) in [6.07, 6.45) is 1.95. The largest absolute Gasteiger partial charge is 0.469 e. The van der Waals surface area contributed by atoms with E-state index in [-0.39, 0.29) is 30.3 Å². The second-order valence-corrected chi connectivity index (χ2v) is 8.15. The average molecular weight is 453 g/mol. The molecule has 8 heteroatoms. The minimum atomic E-state index is -0.301. The summed E-state index contributed by atoms with van der Waals surface area (Å²) in [7, 11) is 1.37. The van der Waals surface area contributed by atoms with Crippen molar-refractivity contribution in [3.63, 3.8) is 0 Å². The number of halogens is 1. The van der Waals surface area contributed by atoms with Crippen molar-refractivity contribution in [3.05, 3.63) is 83.2 Å². The number of ether oxygens (including phenoxy) is 1. The summed E-state index contributed by atoms with van der Waals surface area (Å²) >= 11 is 5.65. The van der Waals surface area contributed by atoms with Crippen LogP contribution in [0.1, 0.15) is 41.1 Å². The zero-order valence-corrected chi connectivity index (χ0v) is 19.0. The summed E-state index contributed by atoms with van der Waals surface area (Å²) in [5, 5.41) is 3.92. The first-order chi connectivity index (χ1) is 15.4. The van der Waals surface area contributed by atoms with Gasteiger partial charge in [0.15, 0.2) is 5.11 Å². The third-order valence-electron chi connectivity index (χ3n) is 5.86. The number of aryl methyl sites for hydroxylation is 1. The van der Waals surface area contributed by atoms with Crippen molar-refractivity contribution >= 4 is 23.3 Å². The summed E-state index contributed by atoms with van der Waals surface area (Å²) in [6, 6.07) is 14.1. The van der Waals surface area contributed by atoms with Gasteiger partial charge >= 0.3 is 5.97 Å². The molecule has 2 aromatic heterocycles. The van der Waals surface area contributed by atoms with Crippen molar-refractivity contribution in [2.45, 2.75) is 32.4 Å². The SMILES string of the molecule is COC(=O)CCN1C(=S)N[C@H](c2ccccn2)[C@H]1c1cc(C)n(-c2ccccc2F)c1C. The number of thiocarbonyl (C=S) groups is 1. The number of benzene rings is 1. The maximum absolute atomic E-state index is 14.6. The Morgan fingerprint density at radius 2 is 1.97 bits per heavy atom. The number of carbonyl (C=O) groups is 1. The topological polar surface area (TPSA) is 59.4 Å². The van der Waals surface area contributed by atoms with Crippen molar-refractivity contribution in [1.29, 1.82) is 0 Å². The van der Waals surface area contributed by atoms with Crippen LogP contribution >= 0.6 is 12.2 Å². The highest BCUT2D eigenvalue weighted by Gasteiger charge is 2.41. The minimum Gasteiger partial charge on any atom is -0.469 e. The fraction of sp³-hybridized carbons (Fsp3) is 0.292. The van der Waals surface area contributed by atoms with Crippen LogP contribution in [0.5, 0.6) is 0 Å². The lowest BCUT2D eigenvalue weighted by atomic mass is 9.96. The first-order valence-corrected chi connectivity index (χ1v) is 10.8. The molecule has 2 atom stereocenters. The molecule has 1 N–H and O–H groups in total. The number of carbonyl (C=O) groups excluding carboxylic acids is 1. The Bertz CT molecular complexity index is 1150. The molecule has 1 aliphatic rings. The number of aromatic nitrogens is 2. The van der Waals surface area contributed by atoms with Gasteiger partial charge in [0.2, 0.25) is 0 Å². The van der Waals surface area contributed by atoms with Gasteiger partial charge in [0.05, 0.1) is 37.0 Å². The number of nitrogens with one attached hydrogen (secondary N) is 1. The molecule has 0 amide bonds. The Balaban J connectivity index is 1.81. The van der Waals surface area contributed by atoms with Crippen LogP contribution in [0.4, 0.5) is 4.39 Å². The second kappa shape index (κ2) is 9.08. The summed E-state index contributed by atoms with van der Waals surface area (Å²) in [4.78, 5) is 18.4. The van der Waals surface area contributed by atoms with Crippen LogP contribution in [0, 0.1) is 19.7 Å². The van der Waals surface area contributed by atoms with Gasteiger partial charge in [-0.05, 0) is 62.0 Å². The smallest absolute Gasteiger partial charge is 0.307 e. The van der Waals surface area contributed by atoms with Gasteiger partial charge in [0.25, 0.3) is 0 Å². The Morgan fingerprint density at radius 3 is 2.66 bits per heavy atom. The number of pyridine rings is 1. The Morgan fingerprint density at radius 1 is 1.22 bits per heavy atom. The van der Waals surface area contributed by atoms with Gasteiger partial charge in [-0.2, -0.15) is 0 Å². The van der Waals surface area contributed by atoms with Crippen LogP contribution in [0.25, 0.3) is 5.69 Å². The van der Waals surface area contributed by atoms with E-state index in [4.69, 9.17) is 17.0 Å². The van der Waals surface area contributed by atoms with Crippen molar-refractivity contribution in [2.75, 3.05) is 13.7 Å². The highest BCUT2D eigenvalue weighted by Crippen LogP contribution is 2.41. The van der Waals surface area contributed by atoms with Crippen molar-refractivity contribution in [1.82, 2.24) is 19.8 Å². The van der Waals surface area contributed by atoms with E-state index < -0.39 is 0 Å². The highest BCUT2D eigenvalue weighted by atomic mass is 32.1. The van der Waals surface area contributed by atoms with Crippen LogP contribution in [0.2, 0.25) is 0 Å². The predicted molar refractivity (Wildman–Crippen MR) is 124 cm³/mol. The highest BCUT2D eigenvalue weighted by molar-refractivity contribution is 7.80. The Kier molecular flexibility index (Phi) is 6.23. The standard InChI is InChI=1S/C24H25FN4O2S/c1-15-14-17(16(2)29(15)20-10-5-4-8-18(20)25)23-22(19-9-6-7-12-26-19)27-24(32)28(23)13-11-21(30)31-3/h4-10,12,14,22-23H,11,13H2,1-3H3,(H,27,32)/t22-,23-/m1/s1. The number of esters is 1. The molecule has 3 aromatic rings. The van der Waals surface area contributed by atoms with Gasteiger partial charge in [-0.3, -0.25) is 9.78 Å². The lowest BCUT2D eigenvalue weighted by Crippen LogP contribution is -2.32. The average Bonchev–Trinajstić information content (AvgIpc) is 3.28. The monoisotopic (exact) mass is 452 g/mol. The summed E-state index contributed by atoms with van der Waals surface area (Å²) in [6.45, 7) is 4.33. The van der Waals surface area contributed by atoms with Crippen LogP contribution in [-0.2, 0) is 9.53 Å². The number of hydrogen-bond donors (Lipinski definition) is 1. The number of rotatable bonds is 6. The summed E-state index contributed by atoms with van der Waals surface area (Å²) in [5.74, 6) is -0.589. The van der Waals surface area contributed by atoms with Crippen molar-refractivity contribution in [2.24, 2.45) is 0 Å². The number of nitrogens with zero attached hydrogens (tertiary/aromatic N) is 3. The van der Waals surface area contributed by atoms with Crippen molar-refractivity contribution < 1.29 is 13.9 Å². The van der Waals surface area contributed by atoms with Crippen LogP contribution in [-0.4, -0.2) is 39.2 Å². The molecule has 6 nitrogen and oxygen atoms in total. The number of para-hydroxylation sites is 1. The summed E-state index contributed by atoms with van der Waals surface area (Å²) in [5.41, 5.74) is 4.16. The molecule has 4 rings (SSSR count). The molecule has 0 unspecified atom stereocenters. The zero-order chi connectivity index (χ0) is 22.8. The predicted octanol–water partition coefficient (Wildman–Crippen LogP) is 4.16. The van der Waals surface area contributed by atoms with Gasteiger partial charge in [-0.25, -0.2) is 4.39 Å². The van der Waals surface area contributed by atoms with E-state index in [9.17, 15) is 9.18 Å². The molecule has 1 saturated heterocycles. The maximum Gasteiger partial charge on any atom is 0.307 e. The van der Waals surface area contributed by atoms with Crippen molar-refractivity contribution in [3.8, 4) is 5.69 Å². The number of hydrogen-bond acceptors (Lipinski definition) is 4. The van der Waals surface area contributed by atoms with E-state index in [0.717, 1.165) is 22.6 Å². The van der Waals surface area contributed by atoms with Gasteiger partial charge in [-0.1, -0.05) is 18.2 Å². The van der Waals surface area contributed by atoms with E-state index in [2.05, 4.69) is 16.4 Å². The van der Waals surface area contributed by atoms with Gasteiger partial charge in [0.1, 0.15) is 5.82 Å². The normalized spacial score (nSPS) is 18.0. The third-order valence-corrected chi connectivity index (χ3v) is 6.22. The third kappa shape index (κ3) is 3.98. The molecule has 0 spiro atoms. The van der Waals surface area contributed by atoms with Crippen LogP contribution in [0.15, 0.2) is 54.7 Å². The van der Waals surface area contributed by atoms with E-state index in [0.29, 0.717) is 17.3 Å². The molecule has 0 saturated carbocycles. The fourth-order valence-corrected chi connectivity index (χ4v) is 4.72. The molecule has 0 bridgehead atoms. The molecule has 1 aliphatic heterocycles. The molecule has 1 fully saturated rings. The number of methoxy groups -OCH3 is 1. The molecule has 32 heavy (non-hydrogen) atoms. The molecule has 0 aliphatic carbocycles. The maximum atomic E-state index is 14.6. The molecule has 166 valence electrons. The zero-order valence-electron chi connectivity index (χ0n) is 18.2. The lowest BCUT2D eigenvalue weighted by Gasteiger charge is -2.28. The Hall–Kier alpha value is -3.26. The van der Waals surface area contributed by atoms with E-state index in [1.165, 1.54) is 13.2 Å². The first kappa shape index (κ1) is 22.0. The second-order valence-electron chi connectivity index (χ2n) is 7.76. The molecular formula is C24H25FN4O2S. The minimum absolute atomic E-state index is 0.204. The molecule has 0 radical (unpaired) electrons. The lowest BCUT2D eigenvalue weighted by molar-refractivity contribution is -0.140. The van der Waals surface area contributed by atoms with Gasteiger partial charge in [-0.15, -0.1) is 0 Å². The van der Waals surface area contributed by atoms with Gasteiger partial charge < -0.3 is 19.5 Å². The van der Waals surface area contributed by atoms with Crippen LogP contribution < -0.4 is 5.32 Å². The molecule has 3 heterocycles. The van der Waals surface area contributed by atoms with E-state index in [1.54, 1.807) is 18.3 Å². The van der Waals surface area contributed by atoms with E-state index in [1.807, 2.05) is 47.6 Å². The molecule has 1 aromatic carbocycles. The van der Waals surface area contributed by atoms with E-state index >= 15 is 0 Å². The van der Waals surface area contributed by atoms with Crippen LogP contribution in [0.3, 0.4) is 0 Å². The fourth-order valence-electron chi connectivity index (χ4n) is 4.39.